The number of nitrogens with two attached hydrogens (primary N) is 1. The van der Waals surface area contributed by atoms with Gasteiger partial charge in [-0.25, -0.2) is 0 Å². The van der Waals surface area contributed by atoms with Gasteiger partial charge in [0.1, 0.15) is 6.29 Å². The van der Waals surface area contributed by atoms with Crippen molar-refractivity contribution in [2.45, 2.75) is 63.1 Å². The average molecular weight is 268 g/mol. The number of aldehydes is 1. The third-order valence-corrected chi connectivity index (χ3v) is 3.50. The highest BCUT2D eigenvalue weighted by atomic mass is 16.4. The molecule has 0 aromatic rings. The molecule has 2 atom stereocenters. The van der Waals surface area contributed by atoms with E-state index >= 15 is 0 Å². The Morgan fingerprint density at radius 2 is 2.05 bits per heavy atom. The van der Waals surface area contributed by atoms with Crippen LogP contribution in [0.15, 0.2) is 12.2 Å². The monoisotopic (exact) mass is 268 g/mol. The SMILES string of the molecule is CC(N)C=CC1(N[C@@H](C=O)CC(=O)O)CCCCC1. The third-order valence-electron chi connectivity index (χ3n) is 3.50. The standard InChI is InChI=1S/C14H24N2O3/c1-11(15)5-8-14(6-3-2-4-7-14)16-12(10-17)9-13(18)19/h5,8,10-12,16H,2-4,6-7,9,15H2,1H3,(H,18,19)/t11?,12-/m1/s1. The molecule has 0 aliphatic heterocycles. The Morgan fingerprint density at radius 3 is 2.53 bits per heavy atom. The maximum absolute atomic E-state index is 11.0. The largest absolute Gasteiger partial charge is 0.481 e. The van der Waals surface area contributed by atoms with Gasteiger partial charge in [0.25, 0.3) is 0 Å². The van der Waals surface area contributed by atoms with E-state index in [-0.39, 0.29) is 18.0 Å². The van der Waals surface area contributed by atoms with E-state index in [4.69, 9.17) is 10.8 Å². The Hall–Kier alpha value is -1.20. The summed E-state index contributed by atoms with van der Waals surface area (Å²) >= 11 is 0. The first-order valence-electron chi connectivity index (χ1n) is 6.87. The predicted octanol–water partition coefficient (Wildman–Crippen LogP) is 1.22. The summed E-state index contributed by atoms with van der Waals surface area (Å²) in [6, 6.07) is -0.692. The normalized spacial score (nSPS) is 22.0. The van der Waals surface area contributed by atoms with Crippen LogP contribution in [0.5, 0.6) is 0 Å². The minimum Gasteiger partial charge on any atom is -0.481 e. The van der Waals surface area contributed by atoms with Crippen molar-refractivity contribution < 1.29 is 14.7 Å². The molecule has 1 aliphatic carbocycles. The van der Waals surface area contributed by atoms with Crippen LogP contribution >= 0.6 is 0 Å². The molecule has 0 saturated heterocycles. The number of hydrogen-bond donors (Lipinski definition) is 3. The van der Waals surface area contributed by atoms with Gasteiger partial charge in [0.2, 0.25) is 0 Å². The topological polar surface area (TPSA) is 92.4 Å². The molecule has 1 fully saturated rings. The van der Waals surface area contributed by atoms with Gasteiger partial charge in [0.15, 0.2) is 0 Å². The quantitative estimate of drug-likeness (QED) is 0.477. The number of rotatable bonds is 7. The van der Waals surface area contributed by atoms with Gasteiger partial charge in [-0.2, -0.15) is 0 Å². The zero-order chi connectivity index (χ0) is 14.3. The fourth-order valence-corrected chi connectivity index (χ4v) is 2.57. The van der Waals surface area contributed by atoms with Gasteiger partial charge in [0.05, 0.1) is 12.5 Å². The van der Waals surface area contributed by atoms with Crippen molar-refractivity contribution in [3.8, 4) is 0 Å². The summed E-state index contributed by atoms with van der Waals surface area (Å²) < 4.78 is 0. The maximum Gasteiger partial charge on any atom is 0.305 e. The highest BCUT2D eigenvalue weighted by Gasteiger charge is 2.32. The molecule has 1 aliphatic rings. The third kappa shape index (κ3) is 5.53. The fourth-order valence-electron chi connectivity index (χ4n) is 2.57. The zero-order valence-corrected chi connectivity index (χ0v) is 11.5. The first-order valence-corrected chi connectivity index (χ1v) is 6.87. The number of carboxylic acid groups (broad SMARTS) is 1. The number of aliphatic carboxylic acids is 1. The van der Waals surface area contributed by atoms with Gasteiger partial charge < -0.3 is 15.6 Å². The summed E-state index contributed by atoms with van der Waals surface area (Å²) in [5, 5.41) is 12.0. The summed E-state index contributed by atoms with van der Waals surface area (Å²) in [5.74, 6) is -0.966. The fraction of sp³-hybridized carbons (Fsp3) is 0.714. The molecule has 0 radical (unpaired) electrons. The molecular formula is C14H24N2O3. The molecule has 0 amide bonds. The lowest BCUT2D eigenvalue weighted by Gasteiger charge is -2.37. The van der Waals surface area contributed by atoms with E-state index < -0.39 is 12.0 Å². The molecule has 1 saturated carbocycles. The van der Waals surface area contributed by atoms with Crippen molar-refractivity contribution in [2.75, 3.05) is 0 Å². The second kappa shape index (κ2) is 7.40. The molecule has 108 valence electrons. The Labute approximate surface area is 114 Å². The Balaban J connectivity index is 2.77. The van der Waals surface area contributed by atoms with Crippen LogP contribution in [-0.2, 0) is 9.59 Å². The van der Waals surface area contributed by atoms with Gasteiger partial charge in [-0.05, 0) is 19.8 Å². The molecule has 0 aromatic heterocycles. The van der Waals surface area contributed by atoms with E-state index in [0.717, 1.165) is 25.7 Å². The van der Waals surface area contributed by atoms with Gasteiger partial charge in [-0.15, -0.1) is 0 Å². The molecular weight excluding hydrogens is 244 g/mol. The number of carbonyl (C=O) groups excluding carboxylic acids is 1. The number of carbonyl (C=O) groups is 2. The smallest absolute Gasteiger partial charge is 0.305 e. The van der Waals surface area contributed by atoms with E-state index in [0.29, 0.717) is 6.29 Å². The summed E-state index contributed by atoms with van der Waals surface area (Å²) in [6.07, 6.45) is 9.61. The highest BCUT2D eigenvalue weighted by Crippen LogP contribution is 2.30. The van der Waals surface area contributed by atoms with Crippen molar-refractivity contribution >= 4 is 12.3 Å². The van der Waals surface area contributed by atoms with Crippen molar-refractivity contribution in [1.82, 2.24) is 5.32 Å². The Kier molecular flexibility index (Phi) is 6.18. The van der Waals surface area contributed by atoms with Crippen LogP contribution in [0.4, 0.5) is 0 Å². The van der Waals surface area contributed by atoms with E-state index in [2.05, 4.69) is 5.32 Å². The van der Waals surface area contributed by atoms with Crippen LogP contribution in [0.1, 0.15) is 45.4 Å². The van der Waals surface area contributed by atoms with Crippen LogP contribution in [0, 0.1) is 0 Å². The maximum atomic E-state index is 11.0. The number of carboxylic acids is 1. The molecule has 0 aromatic carbocycles. The lowest BCUT2D eigenvalue weighted by atomic mass is 9.80. The number of nitrogens with one attached hydrogen (secondary N) is 1. The highest BCUT2D eigenvalue weighted by molar-refractivity contribution is 5.73. The summed E-state index contributed by atoms with van der Waals surface area (Å²) in [6.45, 7) is 1.89. The van der Waals surface area contributed by atoms with Crippen LogP contribution in [0.25, 0.3) is 0 Å². The zero-order valence-electron chi connectivity index (χ0n) is 11.5. The average Bonchev–Trinajstić information content (AvgIpc) is 2.36. The van der Waals surface area contributed by atoms with Gasteiger partial charge >= 0.3 is 5.97 Å². The van der Waals surface area contributed by atoms with E-state index in [1.807, 2.05) is 19.1 Å². The van der Waals surface area contributed by atoms with Gasteiger partial charge in [-0.3, -0.25) is 10.1 Å². The number of hydrogen-bond acceptors (Lipinski definition) is 4. The van der Waals surface area contributed by atoms with E-state index in [9.17, 15) is 9.59 Å². The van der Waals surface area contributed by atoms with Crippen molar-refractivity contribution in [3.63, 3.8) is 0 Å². The second-order valence-electron chi connectivity index (χ2n) is 5.42. The summed E-state index contributed by atoms with van der Waals surface area (Å²) in [7, 11) is 0. The molecule has 5 nitrogen and oxygen atoms in total. The van der Waals surface area contributed by atoms with Crippen molar-refractivity contribution in [1.29, 1.82) is 0 Å². The van der Waals surface area contributed by atoms with Crippen LogP contribution in [0.2, 0.25) is 0 Å². The van der Waals surface area contributed by atoms with Crippen LogP contribution in [0.3, 0.4) is 0 Å². The summed E-state index contributed by atoms with van der Waals surface area (Å²) in [4.78, 5) is 21.8. The van der Waals surface area contributed by atoms with Gasteiger partial charge in [-0.1, -0.05) is 31.4 Å². The molecule has 0 spiro atoms. The molecule has 0 bridgehead atoms. The Bertz CT molecular complexity index is 334. The molecule has 0 heterocycles. The molecule has 4 N–H and O–H groups in total. The van der Waals surface area contributed by atoms with E-state index in [1.165, 1.54) is 6.42 Å². The first kappa shape index (κ1) is 15.9. The molecule has 19 heavy (non-hydrogen) atoms. The van der Waals surface area contributed by atoms with Crippen molar-refractivity contribution in [3.05, 3.63) is 12.2 Å². The van der Waals surface area contributed by atoms with Crippen molar-refractivity contribution in [2.24, 2.45) is 5.73 Å². The Morgan fingerprint density at radius 1 is 1.42 bits per heavy atom. The minimum atomic E-state index is -0.966. The molecule has 1 rings (SSSR count). The molecule has 5 heteroatoms. The lowest BCUT2D eigenvalue weighted by molar-refractivity contribution is -0.138. The minimum absolute atomic E-state index is 0.0465. The molecule has 1 unspecified atom stereocenters. The van der Waals surface area contributed by atoms with Crippen LogP contribution in [-0.4, -0.2) is 35.0 Å². The van der Waals surface area contributed by atoms with Gasteiger partial charge in [0, 0.05) is 11.6 Å². The first-order chi connectivity index (χ1) is 8.97. The second-order valence-corrected chi connectivity index (χ2v) is 5.42. The lowest BCUT2D eigenvalue weighted by Crippen LogP contribution is -2.51. The summed E-state index contributed by atoms with van der Waals surface area (Å²) in [5.41, 5.74) is 5.45. The van der Waals surface area contributed by atoms with Crippen LogP contribution < -0.4 is 11.1 Å². The van der Waals surface area contributed by atoms with E-state index in [1.54, 1.807) is 0 Å². The predicted molar refractivity (Wildman–Crippen MR) is 73.8 cm³/mol.